The van der Waals surface area contributed by atoms with Crippen LogP contribution in [0.15, 0.2) is 18.5 Å². The van der Waals surface area contributed by atoms with E-state index < -0.39 is 0 Å². The molecule has 174 valence electrons. The molecule has 0 saturated carbocycles. The van der Waals surface area contributed by atoms with E-state index in [1.165, 1.54) is 6.33 Å². The molecular formula is C22H27N7O4. The first-order valence-electron chi connectivity index (χ1n) is 11.2. The molecule has 2 amide bonds. The lowest BCUT2D eigenvalue weighted by atomic mass is 10.1. The fourth-order valence-corrected chi connectivity index (χ4v) is 4.19. The van der Waals surface area contributed by atoms with E-state index in [1.807, 2.05) is 0 Å². The second-order valence-corrected chi connectivity index (χ2v) is 8.07. The molecule has 0 radical (unpaired) electrons. The zero-order valence-corrected chi connectivity index (χ0v) is 18.3. The fourth-order valence-electron chi connectivity index (χ4n) is 4.19. The van der Waals surface area contributed by atoms with Crippen LogP contribution in [0.2, 0.25) is 0 Å². The zero-order valence-electron chi connectivity index (χ0n) is 18.3. The van der Waals surface area contributed by atoms with Gasteiger partial charge >= 0.3 is 0 Å². The number of morpholine rings is 2. The lowest BCUT2D eigenvalue weighted by Crippen LogP contribution is -2.41. The highest BCUT2D eigenvalue weighted by Gasteiger charge is 2.31. The van der Waals surface area contributed by atoms with E-state index in [-0.39, 0.29) is 11.8 Å². The molecule has 0 atom stereocenters. The lowest BCUT2D eigenvalue weighted by molar-refractivity contribution is -0.110. The number of carbonyl (C=O) groups excluding carboxylic acids is 2. The van der Waals surface area contributed by atoms with Crippen molar-refractivity contribution in [2.75, 3.05) is 75.9 Å². The molecule has 2 saturated heterocycles. The van der Waals surface area contributed by atoms with Gasteiger partial charge in [-0.3, -0.25) is 14.5 Å². The number of ether oxygens (including phenoxy) is 2. The second-order valence-electron chi connectivity index (χ2n) is 8.07. The standard InChI is InChI=1S/C22H27N7O4/c30-21-16(18-19(27-21)24-14-25-20(18)29-7-11-33-12-8-29)13-15-1-2-17(26-15)22(31)23-3-4-28-5-9-32-10-6-28/h1-2,13-14,26H,3-12H2,(H,23,31)(H,24,25,27,30). The molecule has 0 bridgehead atoms. The highest BCUT2D eigenvalue weighted by atomic mass is 16.5. The van der Waals surface area contributed by atoms with Crippen LogP contribution in [0.25, 0.3) is 11.6 Å². The Hall–Kier alpha value is -3.28. The smallest absolute Gasteiger partial charge is 0.267 e. The van der Waals surface area contributed by atoms with Gasteiger partial charge in [-0.05, 0) is 18.2 Å². The summed E-state index contributed by atoms with van der Waals surface area (Å²) >= 11 is 0. The fraction of sp³-hybridized carbons (Fsp3) is 0.455. The van der Waals surface area contributed by atoms with Crippen molar-refractivity contribution >= 4 is 35.1 Å². The van der Waals surface area contributed by atoms with Crippen LogP contribution in [0.5, 0.6) is 0 Å². The molecule has 2 fully saturated rings. The maximum absolute atomic E-state index is 12.7. The summed E-state index contributed by atoms with van der Waals surface area (Å²) in [6.07, 6.45) is 3.19. The van der Waals surface area contributed by atoms with Crippen molar-refractivity contribution in [3.63, 3.8) is 0 Å². The Morgan fingerprint density at radius 1 is 1.09 bits per heavy atom. The van der Waals surface area contributed by atoms with Gasteiger partial charge in [-0.1, -0.05) is 0 Å². The molecule has 11 nitrogen and oxygen atoms in total. The number of nitrogens with zero attached hydrogens (tertiary/aromatic N) is 4. The minimum absolute atomic E-state index is 0.179. The Balaban J connectivity index is 1.29. The van der Waals surface area contributed by atoms with E-state index in [4.69, 9.17) is 9.47 Å². The molecule has 11 heteroatoms. The van der Waals surface area contributed by atoms with Gasteiger partial charge < -0.3 is 30.0 Å². The Morgan fingerprint density at radius 3 is 2.64 bits per heavy atom. The summed E-state index contributed by atoms with van der Waals surface area (Å²) in [5, 5.41) is 5.75. The quantitative estimate of drug-likeness (QED) is 0.530. The number of H-pyrrole nitrogens is 1. The number of nitrogens with one attached hydrogen (secondary N) is 3. The molecule has 0 unspecified atom stereocenters. The summed E-state index contributed by atoms with van der Waals surface area (Å²) in [6, 6.07) is 3.50. The number of hydrogen-bond donors (Lipinski definition) is 3. The van der Waals surface area contributed by atoms with Gasteiger partial charge in [0.1, 0.15) is 23.7 Å². The first kappa shape index (κ1) is 21.6. The van der Waals surface area contributed by atoms with Crippen molar-refractivity contribution in [2.24, 2.45) is 0 Å². The largest absolute Gasteiger partial charge is 0.379 e. The molecule has 5 rings (SSSR count). The van der Waals surface area contributed by atoms with Gasteiger partial charge in [0.2, 0.25) is 0 Å². The molecule has 5 heterocycles. The minimum Gasteiger partial charge on any atom is -0.379 e. The van der Waals surface area contributed by atoms with Crippen molar-refractivity contribution in [3.05, 3.63) is 35.4 Å². The zero-order chi connectivity index (χ0) is 22.6. The van der Waals surface area contributed by atoms with Crippen LogP contribution in [0.4, 0.5) is 11.6 Å². The Morgan fingerprint density at radius 2 is 1.85 bits per heavy atom. The average Bonchev–Trinajstić information content (AvgIpc) is 3.45. The number of amides is 2. The number of fused-ring (bicyclic) bond motifs is 1. The predicted octanol–water partition coefficient (Wildman–Crippen LogP) is 0.196. The maximum Gasteiger partial charge on any atom is 0.267 e. The summed E-state index contributed by atoms with van der Waals surface area (Å²) in [6.45, 7) is 7.20. The van der Waals surface area contributed by atoms with Crippen molar-refractivity contribution in [2.45, 2.75) is 0 Å². The highest BCUT2D eigenvalue weighted by molar-refractivity contribution is 6.35. The molecule has 3 N–H and O–H groups in total. The number of anilines is 2. The molecule has 2 aromatic rings. The number of rotatable bonds is 6. The van der Waals surface area contributed by atoms with Crippen LogP contribution in [0.3, 0.4) is 0 Å². The van der Waals surface area contributed by atoms with E-state index in [9.17, 15) is 9.59 Å². The topological polar surface area (TPSA) is 125 Å². The molecule has 2 aromatic heterocycles. The van der Waals surface area contributed by atoms with Gasteiger partial charge in [-0.15, -0.1) is 0 Å². The van der Waals surface area contributed by atoms with Crippen molar-refractivity contribution in [3.8, 4) is 0 Å². The Kier molecular flexibility index (Phi) is 6.33. The van der Waals surface area contributed by atoms with Crippen molar-refractivity contribution in [1.82, 2.24) is 25.2 Å². The molecular weight excluding hydrogens is 426 g/mol. The van der Waals surface area contributed by atoms with Crippen LogP contribution >= 0.6 is 0 Å². The molecule has 3 aliphatic heterocycles. The average molecular weight is 454 g/mol. The van der Waals surface area contributed by atoms with Gasteiger partial charge in [0.25, 0.3) is 11.8 Å². The van der Waals surface area contributed by atoms with Crippen molar-refractivity contribution in [1.29, 1.82) is 0 Å². The normalized spacial score (nSPS) is 20.1. The van der Waals surface area contributed by atoms with Gasteiger partial charge in [-0.25, -0.2) is 9.97 Å². The third kappa shape index (κ3) is 4.75. The second kappa shape index (κ2) is 9.69. The number of aromatic amines is 1. The number of aromatic nitrogens is 3. The maximum atomic E-state index is 12.7. The van der Waals surface area contributed by atoms with Gasteiger partial charge in [0, 0.05) is 45.0 Å². The third-order valence-electron chi connectivity index (χ3n) is 5.95. The van der Waals surface area contributed by atoms with Crippen LogP contribution in [0, 0.1) is 0 Å². The molecule has 0 aliphatic carbocycles. The van der Waals surface area contributed by atoms with Crippen LogP contribution in [-0.4, -0.2) is 97.4 Å². The number of hydrogen-bond acceptors (Lipinski definition) is 8. The van der Waals surface area contributed by atoms with Crippen LogP contribution in [-0.2, 0) is 14.3 Å². The Labute approximate surface area is 191 Å². The predicted molar refractivity (Wildman–Crippen MR) is 122 cm³/mol. The van der Waals surface area contributed by atoms with E-state index >= 15 is 0 Å². The first-order chi connectivity index (χ1) is 16.2. The molecule has 0 aromatic carbocycles. The summed E-state index contributed by atoms with van der Waals surface area (Å²) in [7, 11) is 0. The van der Waals surface area contributed by atoms with E-state index in [0.29, 0.717) is 67.0 Å². The van der Waals surface area contributed by atoms with E-state index in [0.717, 1.165) is 32.8 Å². The number of carbonyl (C=O) groups is 2. The van der Waals surface area contributed by atoms with Crippen LogP contribution < -0.4 is 15.5 Å². The monoisotopic (exact) mass is 453 g/mol. The van der Waals surface area contributed by atoms with Gasteiger partial charge in [0.05, 0.1) is 37.6 Å². The highest BCUT2D eigenvalue weighted by Crippen LogP contribution is 2.37. The SMILES string of the molecule is O=C1Nc2ncnc(N3CCOCC3)c2C1=Cc1ccc(C(=O)NCCN2CCOCC2)[nH]1. The third-order valence-corrected chi connectivity index (χ3v) is 5.95. The van der Waals surface area contributed by atoms with E-state index in [2.05, 4.69) is 35.4 Å². The summed E-state index contributed by atoms with van der Waals surface area (Å²) in [4.78, 5) is 41.4. The molecule has 0 spiro atoms. The lowest BCUT2D eigenvalue weighted by Gasteiger charge is -2.28. The minimum atomic E-state index is -0.244. The Bertz CT molecular complexity index is 1050. The first-order valence-corrected chi connectivity index (χ1v) is 11.2. The van der Waals surface area contributed by atoms with Gasteiger partial charge in [-0.2, -0.15) is 0 Å². The summed E-state index contributed by atoms with van der Waals surface area (Å²) in [5.74, 6) is 0.781. The van der Waals surface area contributed by atoms with Gasteiger partial charge in [0.15, 0.2) is 0 Å². The summed E-state index contributed by atoms with van der Waals surface area (Å²) < 4.78 is 10.8. The van der Waals surface area contributed by atoms with Crippen LogP contribution in [0.1, 0.15) is 21.7 Å². The molecule has 33 heavy (non-hydrogen) atoms. The van der Waals surface area contributed by atoms with Crippen molar-refractivity contribution < 1.29 is 19.1 Å². The molecule has 3 aliphatic rings. The summed E-state index contributed by atoms with van der Waals surface area (Å²) in [5.41, 5.74) is 2.24. The van der Waals surface area contributed by atoms with E-state index in [1.54, 1.807) is 18.2 Å².